The number of benzene rings is 1. The third-order valence-corrected chi connectivity index (χ3v) is 6.75. The number of aromatic amines is 1. The van der Waals surface area contributed by atoms with E-state index in [1.165, 1.54) is 29.7 Å². The number of nitrogens with zero attached hydrogens (tertiary/aromatic N) is 2. The van der Waals surface area contributed by atoms with Gasteiger partial charge in [0.2, 0.25) is 0 Å². The number of fused-ring (bicyclic) bond motifs is 1. The molecule has 5 rings (SSSR count). The van der Waals surface area contributed by atoms with Crippen LogP contribution in [0.15, 0.2) is 59.5 Å². The third kappa shape index (κ3) is 4.88. The van der Waals surface area contributed by atoms with Crippen molar-refractivity contribution in [2.75, 3.05) is 33.4 Å². The first-order valence-corrected chi connectivity index (χ1v) is 11.9. The summed E-state index contributed by atoms with van der Waals surface area (Å²) >= 11 is 0. The summed E-state index contributed by atoms with van der Waals surface area (Å²) in [6, 6.07) is 10.9. The number of hydrogen-bond acceptors (Lipinski definition) is 6. The first-order chi connectivity index (χ1) is 17.1. The average molecular weight is 476 g/mol. The lowest BCUT2D eigenvalue weighted by molar-refractivity contribution is 0.0690. The maximum Gasteiger partial charge on any atom is 0.339 e. The Hall–Kier alpha value is -3.78. The smallest absolute Gasteiger partial charge is 0.339 e. The number of hydrogen-bond donors (Lipinski definition) is 2. The molecule has 35 heavy (non-hydrogen) atoms. The van der Waals surface area contributed by atoms with Crippen molar-refractivity contribution < 1.29 is 23.8 Å². The molecule has 2 N–H and O–H groups in total. The van der Waals surface area contributed by atoms with Crippen LogP contribution in [0.25, 0.3) is 11.0 Å². The molecule has 0 amide bonds. The number of likely N-dealkylation sites (tertiary alicyclic amines) is 1. The van der Waals surface area contributed by atoms with Crippen molar-refractivity contribution in [3.8, 4) is 11.5 Å². The van der Waals surface area contributed by atoms with Crippen LogP contribution in [0.2, 0.25) is 0 Å². The molecule has 4 heterocycles. The fourth-order valence-corrected chi connectivity index (χ4v) is 4.96. The van der Waals surface area contributed by atoms with Gasteiger partial charge in [-0.2, -0.15) is 0 Å². The Morgan fingerprint density at radius 3 is 2.83 bits per heavy atom. The van der Waals surface area contributed by atoms with Crippen molar-refractivity contribution in [2.45, 2.75) is 25.2 Å². The predicted octanol–water partition coefficient (Wildman–Crippen LogP) is 4.71. The lowest BCUT2D eigenvalue weighted by atomic mass is 9.88. The second-order valence-electron chi connectivity index (χ2n) is 8.80. The van der Waals surface area contributed by atoms with Crippen LogP contribution in [0.3, 0.4) is 0 Å². The van der Waals surface area contributed by atoms with E-state index in [1.54, 1.807) is 18.4 Å². The molecule has 0 saturated carbocycles. The van der Waals surface area contributed by atoms with Gasteiger partial charge in [-0.3, -0.25) is 4.90 Å². The minimum Gasteiger partial charge on any atom is -0.493 e. The van der Waals surface area contributed by atoms with Gasteiger partial charge in [-0.25, -0.2) is 9.78 Å². The SMILES string of the molecule is COc1cccc(C(=O)O)c1OCCN1CCC(c2c[nH]c3nccc(Cc4ccco4)c23)CC1. The highest BCUT2D eigenvalue weighted by molar-refractivity contribution is 5.92. The van der Waals surface area contributed by atoms with E-state index in [1.807, 2.05) is 18.3 Å². The summed E-state index contributed by atoms with van der Waals surface area (Å²) in [6.07, 6.45) is 8.49. The number of furan rings is 1. The van der Waals surface area contributed by atoms with Gasteiger partial charge in [0, 0.05) is 30.7 Å². The fourth-order valence-electron chi connectivity index (χ4n) is 4.96. The predicted molar refractivity (Wildman–Crippen MR) is 131 cm³/mol. The molecular formula is C27H29N3O5. The summed E-state index contributed by atoms with van der Waals surface area (Å²) in [5.41, 5.74) is 3.58. The van der Waals surface area contributed by atoms with Crippen LogP contribution in [0.1, 0.15) is 46.0 Å². The number of piperidine rings is 1. The van der Waals surface area contributed by atoms with Crippen molar-refractivity contribution in [2.24, 2.45) is 0 Å². The Morgan fingerprint density at radius 1 is 1.23 bits per heavy atom. The van der Waals surface area contributed by atoms with Crippen LogP contribution in [0.5, 0.6) is 11.5 Å². The Bertz CT molecular complexity index is 1290. The quantitative estimate of drug-likeness (QED) is 0.361. The van der Waals surface area contributed by atoms with Crippen LogP contribution < -0.4 is 9.47 Å². The number of rotatable bonds is 9. The zero-order valence-corrected chi connectivity index (χ0v) is 19.7. The summed E-state index contributed by atoms with van der Waals surface area (Å²) in [7, 11) is 1.51. The van der Waals surface area contributed by atoms with Crippen molar-refractivity contribution in [3.63, 3.8) is 0 Å². The van der Waals surface area contributed by atoms with E-state index in [4.69, 9.17) is 13.9 Å². The standard InChI is InChI=1S/C27H29N3O5/c1-33-23-6-2-5-21(27(31)32)25(23)35-15-13-30-11-8-18(9-12-30)22-17-29-26-24(22)19(7-10-28-26)16-20-4-3-14-34-20/h2-7,10,14,17-18H,8-9,11-13,15-16H2,1H3,(H,28,29)(H,31,32). The zero-order valence-electron chi connectivity index (χ0n) is 19.7. The summed E-state index contributed by atoms with van der Waals surface area (Å²) in [4.78, 5) is 21.8. The number of aromatic nitrogens is 2. The summed E-state index contributed by atoms with van der Waals surface area (Å²) in [5.74, 6) is 1.09. The molecule has 1 fully saturated rings. The molecule has 8 heteroatoms. The highest BCUT2D eigenvalue weighted by atomic mass is 16.5. The molecule has 1 aliphatic rings. The number of carbonyl (C=O) groups is 1. The molecule has 8 nitrogen and oxygen atoms in total. The Balaban J connectivity index is 1.21. The number of methoxy groups -OCH3 is 1. The van der Waals surface area contributed by atoms with Gasteiger partial charge in [0.05, 0.1) is 13.4 Å². The molecular weight excluding hydrogens is 446 g/mol. The van der Waals surface area contributed by atoms with Gasteiger partial charge in [-0.1, -0.05) is 6.07 Å². The number of aromatic carboxylic acids is 1. The van der Waals surface area contributed by atoms with E-state index in [-0.39, 0.29) is 11.3 Å². The minimum absolute atomic E-state index is 0.112. The minimum atomic E-state index is -1.03. The molecule has 1 aromatic carbocycles. The van der Waals surface area contributed by atoms with Crippen molar-refractivity contribution in [3.05, 3.63) is 77.5 Å². The van der Waals surface area contributed by atoms with E-state index in [2.05, 4.69) is 27.1 Å². The molecule has 0 unspecified atom stereocenters. The van der Waals surface area contributed by atoms with Gasteiger partial charge in [0.15, 0.2) is 11.5 Å². The van der Waals surface area contributed by atoms with E-state index in [0.29, 0.717) is 18.3 Å². The van der Waals surface area contributed by atoms with Crippen LogP contribution in [-0.4, -0.2) is 59.3 Å². The van der Waals surface area contributed by atoms with Gasteiger partial charge in [0.25, 0.3) is 0 Å². The number of H-pyrrole nitrogens is 1. The molecule has 1 saturated heterocycles. The number of carboxylic acid groups (broad SMARTS) is 1. The van der Waals surface area contributed by atoms with Gasteiger partial charge in [0.1, 0.15) is 23.6 Å². The molecule has 0 bridgehead atoms. The maximum atomic E-state index is 11.6. The maximum absolute atomic E-state index is 11.6. The average Bonchev–Trinajstić information content (AvgIpc) is 3.55. The van der Waals surface area contributed by atoms with E-state index in [0.717, 1.165) is 50.3 Å². The van der Waals surface area contributed by atoms with Crippen molar-refractivity contribution in [1.82, 2.24) is 14.9 Å². The second kappa shape index (κ2) is 10.2. The summed E-state index contributed by atoms with van der Waals surface area (Å²) < 4.78 is 16.7. The molecule has 3 aromatic heterocycles. The van der Waals surface area contributed by atoms with Crippen molar-refractivity contribution >= 4 is 17.0 Å². The third-order valence-electron chi connectivity index (χ3n) is 6.75. The molecule has 0 aliphatic carbocycles. The number of para-hydroxylation sites is 1. The van der Waals surface area contributed by atoms with Crippen LogP contribution in [0, 0.1) is 0 Å². The normalized spacial score (nSPS) is 14.9. The summed E-state index contributed by atoms with van der Waals surface area (Å²) in [6.45, 7) is 3.02. The zero-order chi connectivity index (χ0) is 24.2. The largest absolute Gasteiger partial charge is 0.493 e. The lowest BCUT2D eigenvalue weighted by Gasteiger charge is -2.32. The molecule has 0 atom stereocenters. The molecule has 182 valence electrons. The Morgan fingerprint density at radius 2 is 2.09 bits per heavy atom. The number of carboxylic acids is 1. The van der Waals surface area contributed by atoms with Crippen LogP contribution in [-0.2, 0) is 6.42 Å². The fraction of sp³-hybridized carbons (Fsp3) is 0.333. The van der Waals surface area contributed by atoms with Crippen LogP contribution in [0.4, 0.5) is 0 Å². The van der Waals surface area contributed by atoms with Crippen LogP contribution >= 0.6 is 0 Å². The number of ether oxygens (including phenoxy) is 2. The molecule has 1 aliphatic heterocycles. The topological polar surface area (TPSA) is 101 Å². The second-order valence-corrected chi connectivity index (χ2v) is 8.80. The molecule has 0 radical (unpaired) electrons. The van der Waals surface area contributed by atoms with Gasteiger partial charge in [-0.05, 0) is 73.3 Å². The number of nitrogens with one attached hydrogen (secondary N) is 1. The monoisotopic (exact) mass is 475 g/mol. The van der Waals surface area contributed by atoms with Gasteiger partial charge in [-0.15, -0.1) is 0 Å². The van der Waals surface area contributed by atoms with Crippen molar-refractivity contribution in [1.29, 1.82) is 0 Å². The Labute approximate surface area is 203 Å². The first kappa shape index (κ1) is 23.0. The van der Waals surface area contributed by atoms with Gasteiger partial charge < -0.3 is 24.0 Å². The van der Waals surface area contributed by atoms with E-state index < -0.39 is 5.97 Å². The number of pyridine rings is 1. The van der Waals surface area contributed by atoms with E-state index in [9.17, 15) is 9.90 Å². The Kier molecular flexibility index (Phi) is 6.72. The van der Waals surface area contributed by atoms with Gasteiger partial charge >= 0.3 is 5.97 Å². The lowest BCUT2D eigenvalue weighted by Crippen LogP contribution is -2.36. The first-order valence-electron chi connectivity index (χ1n) is 11.9. The molecule has 4 aromatic rings. The molecule has 0 spiro atoms. The highest BCUT2D eigenvalue weighted by Crippen LogP contribution is 2.35. The highest BCUT2D eigenvalue weighted by Gasteiger charge is 2.25. The summed E-state index contributed by atoms with van der Waals surface area (Å²) in [5, 5.41) is 10.7. The van der Waals surface area contributed by atoms with E-state index >= 15 is 0 Å².